The molecule has 0 N–H and O–H groups in total. The molecule has 0 heterocycles. The lowest BCUT2D eigenvalue weighted by Crippen LogP contribution is -2.36. The SMILES string of the molecule is C=C(C=N/C(=C\C)N(C)C1CCC1)C(F)(F)F. The van der Waals surface area contributed by atoms with Gasteiger partial charge in [-0.1, -0.05) is 6.58 Å². The molecule has 96 valence electrons. The zero-order chi connectivity index (χ0) is 13.1. The van der Waals surface area contributed by atoms with Crippen LogP contribution >= 0.6 is 0 Å². The van der Waals surface area contributed by atoms with Gasteiger partial charge in [-0.2, -0.15) is 13.2 Å². The van der Waals surface area contributed by atoms with E-state index in [4.69, 9.17) is 0 Å². The van der Waals surface area contributed by atoms with Crippen LogP contribution in [0.2, 0.25) is 0 Å². The van der Waals surface area contributed by atoms with E-state index in [-0.39, 0.29) is 0 Å². The maximum Gasteiger partial charge on any atom is 0.417 e. The second-order valence-corrected chi connectivity index (χ2v) is 4.12. The second-order valence-electron chi connectivity index (χ2n) is 4.12. The molecule has 0 spiro atoms. The molecular formula is C12H17F3N2. The van der Waals surface area contributed by atoms with E-state index in [9.17, 15) is 13.2 Å². The molecule has 0 aromatic carbocycles. The third kappa shape index (κ3) is 3.61. The molecule has 17 heavy (non-hydrogen) atoms. The van der Waals surface area contributed by atoms with Gasteiger partial charge in [0.1, 0.15) is 5.82 Å². The molecule has 0 aromatic heterocycles. The summed E-state index contributed by atoms with van der Waals surface area (Å²) in [5, 5.41) is 0. The smallest absolute Gasteiger partial charge is 0.357 e. The first-order valence-corrected chi connectivity index (χ1v) is 5.55. The Morgan fingerprint density at radius 1 is 1.41 bits per heavy atom. The van der Waals surface area contributed by atoms with E-state index in [1.54, 1.807) is 13.0 Å². The number of aliphatic imine (C=N–C) groups is 1. The minimum absolute atomic E-state index is 0.400. The van der Waals surface area contributed by atoms with E-state index in [2.05, 4.69) is 11.6 Å². The molecule has 1 rings (SSSR count). The zero-order valence-electron chi connectivity index (χ0n) is 10.1. The summed E-state index contributed by atoms with van der Waals surface area (Å²) < 4.78 is 36.7. The van der Waals surface area contributed by atoms with Gasteiger partial charge in [-0.05, 0) is 32.3 Å². The molecule has 0 radical (unpaired) electrons. The molecule has 1 saturated carbocycles. The van der Waals surface area contributed by atoms with E-state index in [1.807, 2.05) is 11.9 Å². The van der Waals surface area contributed by atoms with Gasteiger partial charge in [0, 0.05) is 19.3 Å². The molecule has 0 amide bonds. The first-order chi connectivity index (χ1) is 7.86. The maximum absolute atomic E-state index is 12.2. The number of hydrogen-bond donors (Lipinski definition) is 0. The average molecular weight is 246 g/mol. The van der Waals surface area contributed by atoms with Crippen molar-refractivity contribution in [2.45, 2.75) is 38.4 Å². The summed E-state index contributed by atoms with van der Waals surface area (Å²) in [6.45, 7) is 4.71. The Bertz CT molecular complexity index is 338. The highest BCUT2D eigenvalue weighted by Gasteiger charge is 2.30. The third-order valence-electron chi connectivity index (χ3n) is 2.96. The molecular weight excluding hydrogens is 229 g/mol. The van der Waals surface area contributed by atoms with Crippen molar-refractivity contribution in [1.29, 1.82) is 0 Å². The van der Waals surface area contributed by atoms with Crippen LogP contribution in [0.5, 0.6) is 0 Å². The summed E-state index contributed by atoms with van der Waals surface area (Å²) >= 11 is 0. The number of nitrogens with zero attached hydrogens (tertiary/aromatic N) is 2. The summed E-state index contributed by atoms with van der Waals surface area (Å²) in [7, 11) is 1.85. The van der Waals surface area contributed by atoms with Gasteiger partial charge in [-0.25, -0.2) is 4.99 Å². The van der Waals surface area contributed by atoms with E-state index in [1.165, 1.54) is 6.42 Å². The summed E-state index contributed by atoms with van der Waals surface area (Å²) in [6, 6.07) is 0.400. The first-order valence-electron chi connectivity index (χ1n) is 5.55. The van der Waals surface area contributed by atoms with Crippen molar-refractivity contribution in [2.75, 3.05) is 7.05 Å². The van der Waals surface area contributed by atoms with Crippen LogP contribution < -0.4 is 0 Å². The summed E-state index contributed by atoms with van der Waals surface area (Å²) in [5.74, 6) is 0.556. The minimum atomic E-state index is -4.41. The van der Waals surface area contributed by atoms with Crippen molar-refractivity contribution in [2.24, 2.45) is 4.99 Å². The van der Waals surface area contributed by atoms with Crippen LogP contribution in [-0.4, -0.2) is 30.4 Å². The maximum atomic E-state index is 12.2. The topological polar surface area (TPSA) is 15.6 Å². The Kier molecular flexibility index (Phi) is 4.37. The molecule has 1 aliphatic rings. The molecule has 0 aliphatic heterocycles. The highest BCUT2D eigenvalue weighted by molar-refractivity contribution is 5.80. The quantitative estimate of drug-likeness (QED) is 0.693. The van der Waals surface area contributed by atoms with Gasteiger partial charge < -0.3 is 4.90 Å². The van der Waals surface area contributed by atoms with Crippen LogP contribution in [0.3, 0.4) is 0 Å². The molecule has 5 heteroatoms. The fourth-order valence-corrected chi connectivity index (χ4v) is 1.55. The van der Waals surface area contributed by atoms with Gasteiger partial charge in [-0.3, -0.25) is 0 Å². The Hall–Kier alpha value is -1.26. The lowest BCUT2D eigenvalue weighted by Gasteiger charge is -2.36. The highest BCUT2D eigenvalue weighted by Crippen LogP contribution is 2.27. The molecule has 0 bridgehead atoms. The van der Waals surface area contributed by atoms with Gasteiger partial charge in [0.15, 0.2) is 0 Å². The zero-order valence-corrected chi connectivity index (χ0v) is 10.1. The van der Waals surface area contributed by atoms with Crippen molar-refractivity contribution < 1.29 is 13.2 Å². The lowest BCUT2D eigenvalue weighted by atomic mass is 9.92. The van der Waals surface area contributed by atoms with Gasteiger partial charge in [0.2, 0.25) is 0 Å². The molecule has 0 saturated heterocycles. The monoisotopic (exact) mass is 246 g/mol. The van der Waals surface area contributed by atoms with Crippen molar-refractivity contribution in [1.82, 2.24) is 4.90 Å². The predicted molar refractivity (Wildman–Crippen MR) is 62.8 cm³/mol. The second kappa shape index (κ2) is 5.38. The fourth-order valence-electron chi connectivity index (χ4n) is 1.55. The number of halogens is 3. The Morgan fingerprint density at radius 3 is 2.35 bits per heavy atom. The van der Waals surface area contributed by atoms with E-state index < -0.39 is 11.7 Å². The largest absolute Gasteiger partial charge is 0.417 e. The van der Waals surface area contributed by atoms with Crippen LogP contribution in [0.15, 0.2) is 29.0 Å². The minimum Gasteiger partial charge on any atom is -0.357 e. The molecule has 0 aromatic rings. The van der Waals surface area contributed by atoms with Crippen molar-refractivity contribution in [3.63, 3.8) is 0 Å². The lowest BCUT2D eigenvalue weighted by molar-refractivity contribution is -0.0852. The van der Waals surface area contributed by atoms with E-state index in [0.29, 0.717) is 11.9 Å². The number of hydrogen-bond acceptors (Lipinski definition) is 2. The Morgan fingerprint density at radius 2 is 2.00 bits per heavy atom. The van der Waals surface area contributed by atoms with Crippen molar-refractivity contribution >= 4 is 6.21 Å². The highest BCUT2D eigenvalue weighted by atomic mass is 19.4. The number of allylic oxidation sites excluding steroid dienone is 2. The number of alkyl halides is 3. The van der Waals surface area contributed by atoms with Crippen LogP contribution in [0.25, 0.3) is 0 Å². The van der Waals surface area contributed by atoms with Gasteiger partial charge >= 0.3 is 6.18 Å². The van der Waals surface area contributed by atoms with Crippen molar-refractivity contribution in [3.8, 4) is 0 Å². The molecule has 0 atom stereocenters. The third-order valence-corrected chi connectivity index (χ3v) is 2.96. The summed E-state index contributed by atoms with van der Waals surface area (Å²) in [6.07, 6.45) is 1.40. The Balaban J connectivity index is 2.64. The first kappa shape index (κ1) is 13.8. The molecule has 1 fully saturated rings. The molecule has 0 unspecified atom stereocenters. The standard InChI is InChI=1S/C12H17F3N2/c1-4-11(17(3)10-6-5-7-10)16-8-9(2)12(13,14)15/h4,8,10H,2,5-7H2,1,3H3/b11-4+,16-8?. The van der Waals surface area contributed by atoms with Gasteiger partial charge in [0.25, 0.3) is 0 Å². The molecule has 1 aliphatic carbocycles. The predicted octanol–water partition coefficient (Wildman–Crippen LogP) is 3.52. The van der Waals surface area contributed by atoms with E-state index in [0.717, 1.165) is 19.1 Å². The number of rotatable bonds is 4. The van der Waals surface area contributed by atoms with Gasteiger partial charge in [0.05, 0.1) is 5.57 Å². The van der Waals surface area contributed by atoms with Crippen LogP contribution in [-0.2, 0) is 0 Å². The van der Waals surface area contributed by atoms with Crippen LogP contribution in [0.1, 0.15) is 26.2 Å². The molecule has 2 nitrogen and oxygen atoms in total. The fraction of sp³-hybridized carbons (Fsp3) is 0.583. The van der Waals surface area contributed by atoms with Gasteiger partial charge in [-0.15, -0.1) is 0 Å². The van der Waals surface area contributed by atoms with Crippen molar-refractivity contribution in [3.05, 3.63) is 24.0 Å². The van der Waals surface area contributed by atoms with Crippen LogP contribution in [0.4, 0.5) is 13.2 Å². The Labute approximate surface area is 99.5 Å². The normalized spacial score (nSPS) is 18.3. The summed E-state index contributed by atoms with van der Waals surface area (Å²) in [5.41, 5.74) is -0.932. The summed E-state index contributed by atoms with van der Waals surface area (Å²) in [4.78, 5) is 5.77. The van der Waals surface area contributed by atoms with E-state index >= 15 is 0 Å². The van der Waals surface area contributed by atoms with Crippen LogP contribution in [0, 0.1) is 0 Å². The average Bonchev–Trinajstić information content (AvgIpc) is 2.14.